The molecule has 4 heterocycles. The molecule has 0 N–H and O–H groups in total. The second kappa shape index (κ2) is 16.2. The number of benzene rings is 5. The van der Waals surface area contributed by atoms with E-state index in [2.05, 4.69) is 69.0 Å². The highest BCUT2D eigenvalue weighted by atomic mass is 16.3. The van der Waals surface area contributed by atoms with E-state index in [1.54, 1.807) is 18.2 Å². The van der Waals surface area contributed by atoms with Gasteiger partial charge in [-0.1, -0.05) is 136 Å². The van der Waals surface area contributed by atoms with Crippen LogP contribution in [0.15, 0.2) is 175 Å². The zero-order valence-electron chi connectivity index (χ0n) is 34.0. The van der Waals surface area contributed by atoms with Crippen molar-refractivity contribution in [2.45, 2.75) is 13.8 Å². The molecule has 0 aliphatic heterocycles. The first-order chi connectivity index (χ1) is 29.8. The van der Waals surface area contributed by atoms with E-state index in [0.29, 0.717) is 34.7 Å². The molecule has 0 saturated carbocycles. The van der Waals surface area contributed by atoms with Gasteiger partial charge in [0.2, 0.25) is 5.89 Å². The SMILES string of the molecule is C=C/C=C\c1c(C)c(C)c(/C=C\C(=C)c2cccc3c(C=C)c(C=C)oc23)n1-c1cccc(-c2nc3ccc(-c4nc(-c5ccccc5)nc(-c5ccccc5)n4)cc3o2)c1. The van der Waals surface area contributed by atoms with Crippen LogP contribution in [0.5, 0.6) is 0 Å². The molecule has 0 radical (unpaired) electrons. The Morgan fingerprint density at radius 1 is 0.607 bits per heavy atom. The summed E-state index contributed by atoms with van der Waals surface area (Å²) in [5.74, 6) is 2.91. The Morgan fingerprint density at radius 3 is 1.90 bits per heavy atom. The fourth-order valence-corrected chi connectivity index (χ4v) is 7.63. The van der Waals surface area contributed by atoms with E-state index in [9.17, 15) is 0 Å². The van der Waals surface area contributed by atoms with Gasteiger partial charge in [0.15, 0.2) is 23.1 Å². The molecule has 9 rings (SSSR count). The van der Waals surface area contributed by atoms with Crippen LogP contribution in [0.25, 0.3) is 103 Å². The molecular weight excluding hydrogens is 751 g/mol. The van der Waals surface area contributed by atoms with Crippen molar-refractivity contribution in [1.29, 1.82) is 0 Å². The van der Waals surface area contributed by atoms with Gasteiger partial charge in [0.25, 0.3) is 0 Å². The van der Waals surface area contributed by atoms with Crippen molar-refractivity contribution in [3.8, 4) is 51.3 Å². The second-order valence-corrected chi connectivity index (χ2v) is 14.6. The monoisotopic (exact) mass is 791 g/mol. The molecule has 0 spiro atoms. The third kappa shape index (κ3) is 7.19. The molecule has 0 saturated heterocycles. The summed E-state index contributed by atoms with van der Waals surface area (Å²) in [5.41, 5.74) is 13.4. The summed E-state index contributed by atoms with van der Waals surface area (Å²) >= 11 is 0. The van der Waals surface area contributed by atoms with Crippen molar-refractivity contribution in [3.63, 3.8) is 0 Å². The smallest absolute Gasteiger partial charge is 0.227 e. The van der Waals surface area contributed by atoms with Crippen LogP contribution in [0.1, 0.15) is 39.4 Å². The van der Waals surface area contributed by atoms with Gasteiger partial charge in [0, 0.05) is 55.8 Å². The predicted molar refractivity (Wildman–Crippen MR) is 252 cm³/mol. The van der Waals surface area contributed by atoms with Crippen molar-refractivity contribution in [1.82, 2.24) is 24.5 Å². The molecule has 0 aliphatic carbocycles. The van der Waals surface area contributed by atoms with Crippen LogP contribution in [-0.4, -0.2) is 24.5 Å². The zero-order valence-corrected chi connectivity index (χ0v) is 34.0. The molecule has 0 fully saturated rings. The van der Waals surface area contributed by atoms with Gasteiger partial charge in [-0.05, 0) is 85.2 Å². The second-order valence-electron chi connectivity index (χ2n) is 14.6. The lowest BCUT2D eigenvalue weighted by Crippen LogP contribution is -2.00. The van der Waals surface area contributed by atoms with E-state index in [4.69, 9.17) is 28.8 Å². The minimum absolute atomic E-state index is 0.498. The summed E-state index contributed by atoms with van der Waals surface area (Å²) in [6.07, 6.45) is 13.5. The lowest BCUT2D eigenvalue weighted by atomic mass is 10.0. The number of oxazole rings is 1. The Labute approximate surface area is 354 Å². The van der Waals surface area contributed by atoms with Crippen molar-refractivity contribution < 1.29 is 8.83 Å². The first-order valence-corrected chi connectivity index (χ1v) is 19.9. The highest BCUT2D eigenvalue weighted by Gasteiger charge is 2.19. The Bertz CT molecular complexity index is 3170. The first-order valence-electron chi connectivity index (χ1n) is 19.9. The molecule has 0 amide bonds. The number of hydrogen-bond donors (Lipinski definition) is 0. The quantitative estimate of drug-likeness (QED) is 0.115. The van der Waals surface area contributed by atoms with Crippen molar-refractivity contribution in [3.05, 3.63) is 205 Å². The number of furan rings is 1. The summed E-state index contributed by atoms with van der Waals surface area (Å²) in [4.78, 5) is 19.6. The normalized spacial score (nSPS) is 11.6. The minimum atomic E-state index is 0.498. The summed E-state index contributed by atoms with van der Waals surface area (Å²) in [6.45, 7) is 20.6. The molecule has 0 atom stereocenters. The number of nitrogens with zero attached hydrogens (tertiary/aromatic N) is 5. The van der Waals surface area contributed by atoms with Crippen LogP contribution in [0, 0.1) is 13.8 Å². The Hall–Kier alpha value is -8.16. The van der Waals surface area contributed by atoms with Gasteiger partial charge < -0.3 is 13.4 Å². The molecule has 7 nitrogen and oxygen atoms in total. The lowest BCUT2D eigenvalue weighted by Gasteiger charge is -2.12. The average Bonchev–Trinajstić information content (AvgIpc) is 3.98. The predicted octanol–water partition coefficient (Wildman–Crippen LogP) is 14.0. The van der Waals surface area contributed by atoms with Gasteiger partial charge in [-0.25, -0.2) is 19.9 Å². The van der Waals surface area contributed by atoms with E-state index in [-0.39, 0.29) is 0 Å². The number of fused-ring (bicyclic) bond motifs is 2. The standard InChI is InChI=1S/C54H41N5O2/c1-7-10-27-46-35(5)36(6)47(31-28-34(4)43-25-18-26-44-42(8-2)48(9-3)60-50(43)44)59(46)41-24-17-23-40(32-41)54-55-45-30-29-39(33-49(45)61-54)53-57-51(37-19-13-11-14-20-37)56-52(58-53)38-21-15-12-16-22-38/h7-33H,1-4H2,5-6H3/b27-10-,31-28-. The van der Waals surface area contributed by atoms with Crippen LogP contribution in [0.3, 0.4) is 0 Å². The lowest BCUT2D eigenvalue weighted by molar-refractivity contribution is 0.602. The maximum Gasteiger partial charge on any atom is 0.227 e. The maximum atomic E-state index is 6.52. The average molecular weight is 792 g/mol. The van der Waals surface area contributed by atoms with Crippen LogP contribution in [0.2, 0.25) is 0 Å². The van der Waals surface area contributed by atoms with Crippen LogP contribution in [0.4, 0.5) is 0 Å². The maximum absolute atomic E-state index is 6.52. The zero-order chi connectivity index (χ0) is 42.0. The van der Waals surface area contributed by atoms with Gasteiger partial charge in [-0.15, -0.1) is 0 Å². The molecular formula is C54H41N5O2. The van der Waals surface area contributed by atoms with E-state index in [1.165, 1.54) is 0 Å². The number of hydrogen-bond acceptors (Lipinski definition) is 6. The van der Waals surface area contributed by atoms with E-state index in [1.807, 2.05) is 121 Å². The number of allylic oxidation sites excluding steroid dienone is 4. The fourth-order valence-electron chi connectivity index (χ4n) is 7.63. The van der Waals surface area contributed by atoms with Crippen molar-refractivity contribution >= 4 is 51.9 Å². The highest BCUT2D eigenvalue weighted by molar-refractivity contribution is 5.99. The number of aromatic nitrogens is 5. The molecule has 0 aliphatic rings. The van der Waals surface area contributed by atoms with Crippen LogP contribution in [-0.2, 0) is 0 Å². The Morgan fingerprint density at radius 2 is 1.25 bits per heavy atom. The molecule has 0 bridgehead atoms. The fraction of sp³-hybridized carbons (Fsp3) is 0.0370. The summed E-state index contributed by atoms with van der Waals surface area (Å²) in [7, 11) is 0. The van der Waals surface area contributed by atoms with Gasteiger partial charge in [0.05, 0.1) is 0 Å². The first kappa shape index (κ1) is 38.4. The third-order valence-electron chi connectivity index (χ3n) is 10.9. The van der Waals surface area contributed by atoms with Gasteiger partial charge in [-0.3, -0.25) is 0 Å². The van der Waals surface area contributed by atoms with Crippen molar-refractivity contribution in [2.24, 2.45) is 0 Å². The van der Waals surface area contributed by atoms with E-state index in [0.717, 1.165) is 83.6 Å². The molecule has 294 valence electrons. The minimum Gasteiger partial charge on any atom is -0.455 e. The summed E-state index contributed by atoms with van der Waals surface area (Å²) < 4.78 is 15.0. The van der Waals surface area contributed by atoms with E-state index >= 15 is 0 Å². The molecule has 9 aromatic rings. The summed E-state index contributed by atoms with van der Waals surface area (Å²) in [5, 5.41) is 0.969. The molecule has 0 unspecified atom stereocenters. The largest absolute Gasteiger partial charge is 0.455 e. The third-order valence-corrected chi connectivity index (χ3v) is 10.9. The van der Waals surface area contributed by atoms with Crippen molar-refractivity contribution in [2.75, 3.05) is 0 Å². The Kier molecular flexibility index (Phi) is 10.2. The number of para-hydroxylation sites is 1. The topological polar surface area (TPSA) is 82.8 Å². The highest BCUT2D eigenvalue weighted by Crippen LogP contribution is 2.36. The van der Waals surface area contributed by atoms with Gasteiger partial charge in [-0.2, -0.15) is 0 Å². The molecule has 4 aromatic heterocycles. The van der Waals surface area contributed by atoms with E-state index < -0.39 is 0 Å². The van der Waals surface area contributed by atoms with Crippen LogP contribution >= 0.6 is 0 Å². The van der Waals surface area contributed by atoms with Gasteiger partial charge in [0.1, 0.15) is 16.9 Å². The summed E-state index contributed by atoms with van der Waals surface area (Å²) in [6, 6.07) is 40.0. The molecule has 5 aromatic carbocycles. The van der Waals surface area contributed by atoms with Gasteiger partial charge >= 0.3 is 0 Å². The Balaban J connectivity index is 1.09. The molecule has 7 heteroatoms. The number of rotatable bonds is 12. The molecule has 61 heavy (non-hydrogen) atoms. The van der Waals surface area contributed by atoms with Crippen LogP contribution < -0.4 is 0 Å².